The number of hydrogen-bond donors (Lipinski definition) is 2. The van der Waals surface area contributed by atoms with E-state index in [1.54, 1.807) is 0 Å². The van der Waals surface area contributed by atoms with Gasteiger partial charge in [0.25, 0.3) is 0 Å². The van der Waals surface area contributed by atoms with E-state index in [2.05, 4.69) is 25.8 Å². The third-order valence-electron chi connectivity index (χ3n) is 1.81. The Morgan fingerprint density at radius 2 is 2.13 bits per heavy atom. The Morgan fingerprint density at radius 1 is 1.53 bits per heavy atom. The van der Waals surface area contributed by atoms with Gasteiger partial charge < -0.3 is 10.8 Å². The van der Waals surface area contributed by atoms with Crippen LogP contribution in [0.25, 0.3) is 0 Å². The number of carboxylic acids is 1. The molecule has 0 saturated carbocycles. The SMILES string of the molecule is CC(C)(C)Cc1nc(C(=O)O)c(CN)s1. The molecule has 4 nitrogen and oxygen atoms in total. The van der Waals surface area contributed by atoms with Crippen LogP contribution in [0.2, 0.25) is 0 Å². The molecule has 84 valence electrons. The molecule has 0 saturated heterocycles. The van der Waals surface area contributed by atoms with Gasteiger partial charge in [0.2, 0.25) is 0 Å². The maximum Gasteiger partial charge on any atom is 0.355 e. The van der Waals surface area contributed by atoms with Gasteiger partial charge in [-0.05, 0) is 5.41 Å². The number of rotatable bonds is 3. The molecule has 1 rings (SSSR count). The van der Waals surface area contributed by atoms with E-state index in [0.717, 1.165) is 11.4 Å². The van der Waals surface area contributed by atoms with E-state index < -0.39 is 5.97 Å². The van der Waals surface area contributed by atoms with Crippen LogP contribution >= 0.6 is 11.3 Å². The topological polar surface area (TPSA) is 76.2 Å². The second kappa shape index (κ2) is 4.28. The van der Waals surface area contributed by atoms with Crippen LogP contribution in [0.5, 0.6) is 0 Å². The van der Waals surface area contributed by atoms with Crippen LogP contribution in [0.3, 0.4) is 0 Å². The van der Waals surface area contributed by atoms with E-state index in [-0.39, 0.29) is 17.7 Å². The first-order valence-corrected chi connectivity index (χ1v) is 5.57. The Bertz CT molecular complexity index is 366. The fourth-order valence-electron chi connectivity index (χ4n) is 1.24. The summed E-state index contributed by atoms with van der Waals surface area (Å²) in [5.74, 6) is -0.994. The first kappa shape index (κ1) is 12.1. The third-order valence-corrected chi connectivity index (χ3v) is 2.89. The van der Waals surface area contributed by atoms with Crippen molar-refractivity contribution in [2.75, 3.05) is 0 Å². The molecule has 0 aliphatic heterocycles. The van der Waals surface area contributed by atoms with Crippen LogP contribution < -0.4 is 5.73 Å². The van der Waals surface area contributed by atoms with Crippen molar-refractivity contribution in [3.8, 4) is 0 Å². The van der Waals surface area contributed by atoms with Gasteiger partial charge in [0.15, 0.2) is 5.69 Å². The fraction of sp³-hybridized carbons (Fsp3) is 0.600. The summed E-state index contributed by atoms with van der Waals surface area (Å²) in [5, 5.41) is 9.74. The quantitative estimate of drug-likeness (QED) is 0.828. The predicted molar refractivity (Wildman–Crippen MR) is 60.1 cm³/mol. The normalized spacial score (nSPS) is 11.7. The molecule has 0 fully saturated rings. The standard InChI is InChI=1S/C10H16N2O2S/c1-10(2,3)4-7-12-8(9(13)14)6(5-11)15-7/h4-5,11H2,1-3H3,(H,13,14). The molecule has 1 aromatic rings. The van der Waals surface area contributed by atoms with Crippen LogP contribution in [-0.2, 0) is 13.0 Å². The molecule has 0 aliphatic rings. The molecule has 0 amide bonds. The largest absolute Gasteiger partial charge is 0.476 e. The zero-order valence-electron chi connectivity index (χ0n) is 9.20. The molecule has 0 unspecified atom stereocenters. The van der Waals surface area contributed by atoms with Crippen molar-refractivity contribution in [1.29, 1.82) is 0 Å². The van der Waals surface area contributed by atoms with Gasteiger partial charge in [-0.3, -0.25) is 0 Å². The molecular formula is C10H16N2O2S. The van der Waals surface area contributed by atoms with Crippen LogP contribution in [0, 0.1) is 5.41 Å². The van der Waals surface area contributed by atoms with Gasteiger partial charge in [-0.1, -0.05) is 20.8 Å². The fourth-order valence-corrected chi connectivity index (χ4v) is 2.47. The van der Waals surface area contributed by atoms with Crippen molar-refractivity contribution in [3.05, 3.63) is 15.6 Å². The smallest absolute Gasteiger partial charge is 0.355 e. The second-order valence-electron chi connectivity index (χ2n) is 4.63. The van der Waals surface area contributed by atoms with E-state index in [9.17, 15) is 4.79 Å². The molecule has 0 spiro atoms. The van der Waals surface area contributed by atoms with Gasteiger partial charge in [0.05, 0.1) is 9.88 Å². The highest BCUT2D eigenvalue weighted by molar-refractivity contribution is 7.11. The molecule has 0 atom stereocenters. The highest BCUT2D eigenvalue weighted by atomic mass is 32.1. The summed E-state index contributed by atoms with van der Waals surface area (Å²) in [7, 11) is 0. The van der Waals surface area contributed by atoms with Crippen molar-refractivity contribution in [3.63, 3.8) is 0 Å². The zero-order chi connectivity index (χ0) is 11.6. The average Bonchev–Trinajstić information content (AvgIpc) is 2.44. The lowest BCUT2D eigenvalue weighted by molar-refractivity contribution is 0.0690. The van der Waals surface area contributed by atoms with E-state index in [4.69, 9.17) is 10.8 Å². The maximum atomic E-state index is 10.8. The lowest BCUT2D eigenvalue weighted by atomic mass is 9.93. The Morgan fingerprint density at radius 3 is 2.47 bits per heavy atom. The Kier molecular flexibility index (Phi) is 3.46. The van der Waals surface area contributed by atoms with Crippen molar-refractivity contribution in [2.24, 2.45) is 11.1 Å². The number of aromatic nitrogens is 1. The third kappa shape index (κ3) is 3.28. The van der Waals surface area contributed by atoms with Crippen molar-refractivity contribution in [1.82, 2.24) is 4.98 Å². The Balaban J connectivity index is 2.98. The number of aromatic carboxylic acids is 1. The Hall–Kier alpha value is -0.940. The number of hydrogen-bond acceptors (Lipinski definition) is 4. The predicted octanol–water partition coefficient (Wildman–Crippen LogP) is 1.89. The molecule has 5 heteroatoms. The summed E-state index contributed by atoms with van der Waals surface area (Å²) in [4.78, 5) is 15.6. The summed E-state index contributed by atoms with van der Waals surface area (Å²) in [6.45, 7) is 6.52. The molecule has 1 heterocycles. The van der Waals surface area contributed by atoms with Crippen LogP contribution in [0.1, 0.15) is 41.1 Å². The minimum Gasteiger partial charge on any atom is -0.476 e. The minimum atomic E-state index is -0.994. The van der Waals surface area contributed by atoms with Crippen molar-refractivity contribution in [2.45, 2.75) is 33.7 Å². The van der Waals surface area contributed by atoms with E-state index >= 15 is 0 Å². The van der Waals surface area contributed by atoms with Crippen molar-refractivity contribution >= 4 is 17.3 Å². The number of nitrogens with zero attached hydrogens (tertiary/aromatic N) is 1. The summed E-state index contributed by atoms with van der Waals surface area (Å²) < 4.78 is 0. The summed E-state index contributed by atoms with van der Waals surface area (Å²) in [6, 6.07) is 0. The monoisotopic (exact) mass is 228 g/mol. The zero-order valence-corrected chi connectivity index (χ0v) is 10.0. The molecule has 0 aliphatic carbocycles. The van der Waals surface area contributed by atoms with Crippen molar-refractivity contribution < 1.29 is 9.90 Å². The maximum absolute atomic E-state index is 10.8. The van der Waals surface area contributed by atoms with Crippen LogP contribution in [0.4, 0.5) is 0 Å². The molecule has 0 bridgehead atoms. The molecular weight excluding hydrogens is 212 g/mol. The Labute approximate surface area is 93.1 Å². The molecule has 3 N–H and O–H groups in total. The van der Waals surface area contributed by atoms with Gasteiger partial charge in [-0.15, -0.1) is 11.3 Å². The van der Waals surface area contributed by atoms with Gasteiger partial charge >= 0.3 is 5.97 Å². The first-order chi connectivity index (χ1) is 6.83. The minimum absolute atomic E-state index is 0.111. The number of carbonyl (C=O) groups is 1. The van der Waals surface area contributed by atoms with E-state index in [1.165, 1.54) is 11.3 Å². The van der Waals surface area contributed by atoms with Crippen LogP contribution in [-0.4, -0.2) is 16.1 Å². The highest BCUT2D eigenvalue weighted by Gasteiger charge is 2.19. The number of carboxylic acid groups (broad SMARTS) is 1. The average molecular weight is 228 g/mol. The number of thiazole rings is 1. The lowest BCUT2D eigenvalue weighted by Crippen LogP contribution is -2.09. The first-order valence-electron chi connectivity index (χ1n) is 4.75. The molecule has 0 radical (unpaired) electrons. The van der Waals surface area contributed by atoms with Gasteiger partial charge in [-0.2, -0.15) is 0 Å². The van der Waals surface area contributed by atoms with Gasteiger partial charge in [-0.25, -0.2) is 9.78 Å². The van der Waals surface area contributed by atoms with Crippen LogP contribution in [0.15, 0.2) is 0 Å². The highest BCUT2D eigenvalue weighted by Crippen LogP contribution is 2.26. The van der Waals surface area contributed by atoms with E-state index in [0.29, 0.717) is 4.88 Å². The summed E-state index contributed by atoms with van der Waals surface area (Å²) in [5.41, 5.74) is 5.70. The number of nitrogens with two attached hydrogens (primary N) is 1. The lowest BCUT2D eigenvalue weighted by Gasteiger charge is -2.15. The molecule has 0 aromatic carbocycles. The summed E-state index contributed by atoms with van der Waals surface area (Å²) >= 11 is 1.40. The molecule has 1 aromatic heterocycles. The second-order valence-corrected chi connectivity index (χ2v) is 5.79. The molecule has 15 heavy (non-hydrogen) atoms. The van der Waals surface area contributed by atoms with Gasteiger partial charge in [0.1, 0.15) is 0 Å². The van der Waals surface area contributed by atoms with E-state index in [1.807, 2.05) is 0 Å². The summed E-state index contributed by atoms with van der Waals surface area (Å²) in [6.07, 6.45) is 0.776. The van der Waals surface area contributed by atoms with Gasteiger partial charge in [0, 0.05) is 13.0 Å².